The molecule has 7 heteroatoms. The van der Waals surface area contributed by atoms with E-state index in [4.69, 9.17) is 4.74 Å². The summed E-state index contributed by atoms with van der Waals surface area (Å²) in [6, 6.07) is 11.4. The Morgan fingerprint density at radius 3 is 2.37 bits per heavy atom. The molecule has 0 radical (unpaired) electrons. The fraction of sp³-hybridized carbons (Fsp3) is 0.478. The van der Waals surface area contributed by atoms with Crippen LogP contribution in [0.3, 0.4) is 0 Å². The van der Waals surface area contributed by atoms with Gasteiger partial charge in [0.05, 0.1) is 7.11 Å². The number of benzene rings is 1. The topological polar surface area (TPSA) is 84.4 Å². The Kier molecular flexibility index (Phi) is 7.38. The molecule has 1 amide bonds. The zero-order chi connectivity index (χ0) is 21.5. The number of piperidine rings is 1. The Morgan fingerprint density at radius 2 is 1.77 bits per heavy atom. The van der Waals surface area contributed by atoms with Crippen LogP contribution in [0, 0.1) is 19.8 Å². The van der Waals surface area contributed by atoms with Crippen molar-refractivity contribution in [2.45, 2.75) is 45.6 Å². The van der Waals surface area contributed by atoms with Crippen LogP contribution in [0.1, 0.15) is 36.2 Å². The van der Waals surface area contributed by atoms with Crippen LogP contribution < -0.4 is 5.32 Å². The molecule has 0 aliphatic carbocycles. The molecule has 1 fully saturated rings. The van der Waals surface area contributed by atoms with Gasteiger partial charge in [0.25, 0.3) is 0 Å². The molecule has 1 aliphatic heterocycles. The highest BCUT2D eigenvalue weighted by atomic mass is 16.5. The molecule has 1 saturated heterocycles. The van der Waals surface area contributed by atoms with E-state index in [-0.39, 0.29) is 17.8 Å². The molecule has 160 valence electrons. The Hall–Kier alpha value is -2.96. The number of rotatable bonds is 7. The highest BCUT2D eigenvalue weighted by molar-refractivity contribution is 5.84. The Balaban J connectivity index is 1.71. The van der Waals surface area contributed by atoms with E-state index >= 15 is 0 Å². The van der Waals surface area contributed by atoms with Gasteiger partial charge < -0.3 is 15.0 Å². The smallest absolute Gasteiger partial charge is 0.305 e. The molecular formula is C23H30N4O3. The average molecular weight is 411 g/mol. The van der Waals surface area contributed by atoms with Crippen molar-refractivity contribution in [3.8, 4) is 0 Å². The van der Waals surface area contributed by atoms with Crippen molar-refractivity contribution in [1.29, 1.82) is 0 Å². The third-order valence-electron chi connectivity index (χ3n) is 5.48. The first-order valence-electron chi connectivity index (χ1n) is 10.4. The summed E-state index contributed by atoms with van der Waals surface area (Å²) in [6.07, 6.45) is 2.58. The molecule has 3 rings (SSSR count). The third kappa shape index (κ3) is 6.02. The lowest BCUT2D eigenvalue weighted by molar-refractivity contribution is -0.142. The Bertz CT molecular complexity index is 844. The molecule has 0 bridgehead atoms. The summed E-state index contributed by atoms with van der Waals surface area (Å²) in [5, 5.41) is 3.27. The van der Waals surface area contributed by atoms with Crippen molar-refractivity contribution < 1.29 is 14.3 Å². The van der Waals surface area contributed by atoms with Gasteiger partial charge in [-0.2, -0.15) is 0 Å². The third-order valence-corrected chi connectivity index (χ3v) is 5.48. The molecule has 1 N–H and O–H groups in total. The van der Waals surface area contributed by atoms with E-state index in [1.807, 2.05) is 55.1 Å². The quantitative estimate of drug-likeness (QED) is 0.707. The molecule has 7 nitrogen and oxygen atoms in total. The van der Waals surface area contributed by atoms with Crippen molar-refractivity contribution in [2.75, 3.05) is 25.5 Å². The highest BCUT2D eigenvalue weighted by Crippen LogP contribution is 2.22. The van der Waals surface area contributed by atoms with Gasteiger partial charge in [0.2, 0.25) is 11.9 Å². The number of carbonyl (C=O) groups excluding carboxylic acids is 2. The van der Waals surface area contributed by atoms with E-state index in [2.05, 4.69) is 15.3 Å². The van der Waals surface area contributed by atoms with Crippen LogP contribution in [-0.4, -0.2) is 53.0 Å². The van der Waals surface area contributed by atoms with Gasteiger partial charge in [0.15, 0.2) is 0 Å². The normalized spacial score (nSPS) is 15.5. The molecule has 1 atom stereocenters. The molecular weight excluding hydrogens is 380 g/mol. The van der Waals surface area contributed by atoms with E-state index in [9.17, 15) is 9.59 Å². The van der Waals surface area contributed by atoms with Gasteiger partial charge in [-0.1, -0.05) is 30.3 Å². The molecule has 1 aliphatic rings. The number of anilines is 1. The lowest BCUT2D eigenvalue weighted by atomic mass is 9.93. The first-order chi connectivity index (χ1) is 14.4. The summed E-state index contributed by atoms with van der Waals surface area (Å²) in [5.74, 6) is 0.598. The number of hydrogen-bond acceptors (Lipinski definition) is 6. The maximum absolute atomic E-state index is 13.4. The number of likely N-dealkylation sites (tertiary alicyclic amines) is 1. The fourth-order valence-electron chi connectivity index (χ4n) is 3.89. The van der Waals surface area contributed by atoms with Crippen LogP contribution in [0.15, 0.2) is 36.4 Å². The summed E-state index contributed by atoms with van der Waals surface area (Å²) >= 11 is 0. The molecule has 1 unspecified atom stereocenters. The van der Waals surface area contributed by atoms with Crippen LogP contribution in [0.2, 0.25) is 0 Å². The Morgan fingerprint density at radius 1 is 1.13 bits per heavy atom. The summed E-state index contributed by atoms with van der Waals surface area (Å²) in [7, 11) is 1.41. The Labute approximate surface area is 177 Å². The average Bonchev–Trinajstić information content (AvgIpc) is 2.73. The predicted octanol–water partition coefficient (Wildman–Crippen LogP) is 2.92. The second-order valence-corrected chi connectivity index (χ2v) is 7.91. The standard InChI is InChI=1S/C23H30N4O3/c1-16-13-17(2)25-23(24-16)26-20(14-18-7-5-4-6-8-18)22(29)27-11-9-19(10-12-27)15-21(28)30-3/h4-8,13,19-20H,9-12,14-15H2,1-3H3,(H,24,25,26). The number of methoxy groups -OCH3 is 1. The molecule has 1 aromatic carbocycles. The van der Waals surface area contributed by atoms with E-state index in [1.165, 1.54) is 7.11 Å². The van der Waals surface area contributed by atoms with Crippen molar-refractivity contribution in [1.82, 2.24) is 14.9 Å². The minimum absolute atomic E-state index is 0.0399. The number of amides is 1. The van der Waals surface area contributed by atoms with Crippen molar-refractivity contribution in [3.05, 3.63) is 53.3 Å². The van der Waals surface area contributed by atoms with E-state index in [1.54, 1.807) is 0 Å². The number of esters is 1. The number of carbonyl (C=O) groups is 2. The SMILES string of the molecule is COC(=O)CC1CCN(C(=O)C(Cc2ccccc2)Nc2nc(C)cc(C)n2)CC1. The maximum atomic E-state index is 13.4. The summed E-state index contributed by atoms with van der Waals surface area (Å²) in [5.41, 5.74) is 2.80. The van der Waals surface area contributed by atoms with E-state index in [0.29, 0.717) is 31.9 Å². The largest absolute Gasteiger partial charge is 0.469 e. The molecule has 2 heterocycles. The minimum Gasteiger partial charge on any atom is -0.469 e. The van der Waals surface area contributed by atoms with E-state index < -0.39 is 6.04 Å². The van der Waals surface area contributed by atoms with Gasteiger partial charge in [0.1, 0.15) is 6.04 Å². The van der Waals surface area contributed by atoms with Crippen LogP contribution in [-0.2, 0) is 20.7 Å². The molecule has 30 heavy (non-hydrogen) atoms. The zero-order valence-electron chi connectivity index (χ0n) is 17.9. The minimum atomic E-state index is -0.453. The first kappa shape index (κ1) is 21.7. The number of ether oxygens (including phenoxy) is 1. The number of aryl methyl sites for hydroxylation is 2. The first-order valence-corrected chi connectivity index (χ1v) is 10.4. The number of nitrogens with one attached hydrogen (secondary N) is 1. The maximum Gasteiger partial charge on any atom is 0.305 e. The summed E-state index contributed by atoms with van der Waals surface area (Å²) < 4.78 is 4.77. The molecule has 2 aromatic rings. The number of hydrogen-bond donors (Lipinski definition) is 1. The highest BCUT2D eigenvalue weighted by Gasteiger charge is 2.30. The molecule has 1 aromatic heterocycles. The van der Waals surface area contributed by atoms with Gasteiger partial charge in [-0.15, -0.1) is 0 Å². The van der Waals surface area contributed by atoms with Crippen LogP contribution in [0.5, 0.6) is 0 Å². The lowest BCUT2D eigenvalue weighted by Gasteiger charge is -2.34. The second kappa shape index (κ2) is 10.2. The van der Waals surface area contributed by atoms with Gasteiger partial charge in [-0.05, 0) is 44.2 Å². The number of aromatic nitrogens is 2. The summed E-state index contributed by atoms with van der Waals surface area (Å²) in [6.45, 7) is 5.11. The summed E-state index contributed by atoms with van der Waals surface area (Å²) in [4.78, 5) is 35.7. The van der Waals surface area contributed by atoms with Crippen molar-refractivity contribution in [3.63, 3.8) is 0 Å². The van der Waals surface area contributed by atoms with Crippen LogP contribution in [0.25, 0.3) is 0 Å². The van der Waals surface area contributed by atoms with Crippen LogP contribution >= 0.6 is 0 Å². The second-order valence-electron chi connectivity index (χ2n) is 7.91. The zero-order valence-corrected chi connectivity index (χ0v) is 17.9. The van der Waals surface area contributed by atoms with E-state index in [0.717, 1.165) is 29.8 Å². The fourth-order valence-corrected chi connectivity index (χ4v) is 3.89. The molecule has 0 spiro atoms. The predicted molar refractivity (Wildman–Crippen MR) is 115 cm³/mol. The van der Waals surface area contributed by atoms with Crippen molar-refractivity contribution in [2.24, 2.45) is 5.92 Å². The van der Waals surface area contributed by atoms with Gasteiger partial charge in [-0.25, -0.2) is 9.97 Å². The van der Waals surface area contributed by atoms with Gasteiger partial charge >= 0.3 is 5.97 Å². The van der Waals surface area contributed by atoms with Crippen LogP contribution in [0.4, 0.5) is 5.95 Å². The monoisotopic (exact) mass is 410 g/mol. The molecule has 0 saturated carbocycles. The number of nitrogens with zero attached hydrogens (tertiary/aromatic N) is 3. The lowest BCUT2D eigenvalue weighted by Crippen LogP contribution is -2.47. The van der Waals surface area contributed by atoms with Gasteiger partial charge in [0, 0.05) is 37.3 Å². The van der Waals surface area contributed by atoms with Gasteiger partial charge in [-0.3, -0.25) is 9.59 Å². The van der Waals surface area contributed by atoms with Crippen molar-refractivity contribution >= 4 is 17.8 Å².